The third kappa shape index (κ3) is 3.60. The summed E-state index contributed by atoms with van der Waals surface area (Å²) in [4.78, 5) is 26.2. The van der Waals surface area contributed by atoms with Gasteiger partial charge in [0.1, 0.15) is 5.75 Å². The number of hydrogen-bond donors (Lipinski definition) is 1. The highest BCUT2D eigenvalue weighted by Crippen LogP contribution is 2.34. The van der Waals surface area contributed by atoms with Gasteiger partial charge in [0.15, 0.2) is 17.5 Å². The van der Waals surface area contributed by atoms with E-state index < -0.39 is 35.0 Å². The molecule has 1 aliphatic rings. The number of nitrogens with zero attached hydrogens (tertiary/aromatic N) is 1. The van der Waals surface area contributed by atoms with E-state index in [1.165, 1.54) is 12.0 Å². The lowest BCUT2D eigenvalue weighted by Gasteiger charge is -2.20. The summed E-state index contributed by atoms with van der Waals surface area (Å²) in [5, 5.41) is 2.22. The third-order valence-electron chi connectivity index (χ3n) is 4.41. The molecule has 1 aliphatic heterocycles. The van der Waals surface area contributed by atoms with Gasteiger partial charge in [-0.3, -0.25) is 9.59 Å². The normalized spacial score (nSPS) is 16.6. The molecule has 3 rings (SSSR count). The minimum Gasteiger partial charge on any atom is -0.495 e. The minimum atomic E-state index is -1.67. The summed E-state index contributed by atoms with van der Waals surface area (Å²) in [5.41, 5.74) is 0.977. The summed E-state index contributed by atoms with van der Waals surface area (Å²) in [7, 11) is 1.48. The average Bonchev–Trinajstić information content (AvgIpc) is 3.04. The van der Waals surface area contributed by atoms with Crippen LogP contribution in [0, 0.1) is 30.3 Å². The van der Waals surface area contributed by atoms with E-state index in [0.717, 1.165) is 17.7 Å². The number of anilines is 2. The zero-order chi connectivity index (χ0) is 19.7. The number of aryl methyl sites for hydroxylation is 1. The lowest BCUT2D eigenvalue weighted by Crippen LogP contribution is -2.28. The maximum absolute atomic E-state index is 13.7. The lowest BCUT2D eigenvalue weighted by molar-refractivity contribution is -0.122. The second-order valence-electron chi connectivity index (χ2n) is 6.29. The first-order valence-corrected chi connectivity index (χ1v) is 8.21. The van der Waals surface area contributed by atoms with Crippen LogP contribution in [0.25, 0.3) is 0 Å². The van der Waals surface area contributed by atoms with Gasteiger partial charge in [-0.2, -0.15) is 0 Å². The molecule has 1 saturated heterocycles. The van der Waals surface area contributed by atoms with Crippen molar-refractivity contribution in [3.05, 3.63) is 53.3 Å². The van der Waals surface area contributed by atoms with Gasteiger partial charge >= 0.3 is 0 Å². The van der Waals surface area contributed by atoms with Gasteiger partial charge in [-0.1, -0.05) is 6.07 Å². The Labute approximate surface area is 153 Å². The Bertz CT molecular complexity index is 917. The van der Waals surface area contributed by atoms with Gasteiger partial charge in [-0.25, -0.2) is 13.2 Å². The summed E-state index contributed by atoms with van der Waals surface area (Å²) in [6.45, 7) is 1.93. The summed E-state index contributed by atoms with van der Waals surface area (Å²) >= 11 is 0. The topological polar surface area (TPSA) is 58.6 Å². The molecule has 1 heterocycles. The fraction of sp³-hybridized carbons (Fsp3) is 0.263. The lowest BCUT2D eigenvalue weighted by atomic mass is 10.1. The van der Waals surface area contributed by atoms with Crippen molar-refractivity contribution in [2.45, 2.75) is 13.3 Å². The highest BCUT2D eigenvalue weighted by Gasteiger charge is 2.36. The predicted molar refractivity (Wildman–Crippen MR) is 93.1 cm³/mol. The molecular formula is C19H17F3N2O3. The van der Waals surface area contributed by atoms with Crippen LogP contribution >= 0.6 is 0 Å². The van der Waals surface area contributed by atoms with Crippen LogP contribution in [0.15, 0.2) is 30.3 Å². The van der Waals surface area contributed by atoms with Crippen LogP contribution in [-0.2, 0) is 9.59 Å². The quantitative estimate of drug-likeness (QED) is 0.830. The first kappa shape index (κ1) is 18.8. The van der Waals surface area contributed by atoms with Crippen molar-refractivity contribution >= 4 is 23.2 Å². The molecule has 5 nitrogen and oxygen atoms in total. The number of halogens is 3. The number of nitrogens with one attached hydrogen (secondary N) is 1. The fourth-order valence-electron chi connectivity index (χ4n) is 2.98. The molecule has 1 N–H and O–H groups in total. The molecule has 1 fully saturated rings. The average molecular weight is 378 g/mol. The highest BCUT2D eigenvalue weighted by molar-refractivity contribution is 6.04. The van der Waals surface area contributed by atoms with Crippen molar-refractivity contribution in [2.24, 2.45) is 5.92 Å². The van der Waals surface area contributed by atoms with E-state index in [1.807, 2.05) is 13.0 Å². The van der Waals surface area contributed by atoms with Crippen LogP contribution in [-0.4, -0.2) is 25.5 Å². The molecule has 0 radical (unpaired) electrons. The van der Waals surface area contributed by atoms with Gasteiger partial charge < -0.3 is 15.0 Å². The highest BCUT2D eigenvalue weighted by atomic mass is 19.2. The smallest absolute Gasteiger partial charge is 0.229 e. The Hall–Kier alpha value is -3.03. The van der Waals surface area contributed by atoms with E-state index in [9.17, 15) is 22.8 Å². The molecular weight excluding hydrogens is 361 g/mol. The van der Waals surface area contributed by atoms with E-state index in [0.29, 0.717) is 11.4 Å². The summed E-state index contributed by atoms with van der Waals surface area (Å²) in [5.74, 6) is -5.71. The SMILES string of the molecule is COc1ccc(C)cc1N1C[C@@H](C(=O)Nc2ccc(F)c(F)c2F)CC1=O. The molecule has 2 aromatic rings. The number of amides is 2. The molecule has 0 aliphatic carbocycles. The van der Waals surface area contributed by atoms with E-state index in [2.05, 4.69) is 5.32 Å². The number of carbonyl (C=O) groups excluding carboxylic acids is 2. The molecule has 2 amide bonds. The van der Waals surface area contributed by atoms with Crippen LogP contribution in [0.5, 0.6) is 5.75 Å². The Morgan fingerprint density at radius 1 is 1.19 bits per heavy atom. The zero-order valence-electron chi connectivity index (χ0n) is 14.7. The van der Waals surface area contributed by atoms with Crippen LogP contribution < -0.4 is 15.0 Å². The number of hydrogen-bond acceptors (Lipinski definition) is 3. The van der Waals surface area contributed by atoms with Crippen molar-refractivity contribution in [2.75, 3.05) is 23.9 Å². The molecule has 2 aromatic carbocycles. The minimum absolute atomic E-state index is 0.0653. The Morgan fingerprint density at radius 3 is 2.63 bits per heavy atom. The van der Waals surface area contributed by atoms with Crippen molar-refractivity contribution in [3.8, 4) is 5.75 Å². The zero-order valence-corrected chi connectivity index (χ0v) is 14.7. The maximum Gasteiger partial charge on any atom is 0.229 e. The van der Waals surface area contributed by atoms with Gasteiger partial charge in [0.25, 0.3) is 0 Å². The summed E-state index contributed by atoms with van der Waals surface area (Å²) < 4.78 is 45.3. The largest absolute Gasteiger partial charge is 0.495 e. The fourth-order valence-corrected chi connectivity index (χ4v) is 2.98. The molecule has 27 heavy (non-hydrogen) atoms. The monoisotopic (exact) mass is 378 g/mol. The second kappa shape index (κ2) is 7.30. The molecule has 0 bridgehead atoms. The van der Waals surface area contributed by atoms with Gasteiger partial charge in [-0.05, 0) is 36.8 Å². The number of methoxy groups -OCH3 is 1. The van der Waals surface area contributed by atoms with Gasteiger partial charge in [0.2, 0.25) is 11.8 Å². The number of rotatable bonds is 4. The molecule has 0 unspecified atom stereocenters. The van der Waals surface area contributed by atoms with Crippen LogP contribution in [0.3, 0.4) is 0 Å². The summed E-state index contributed by atoms with van der Waals surface area (Å²) in [6.07, 6.45) is -0.0891. The first-order chi connectivity index (χ1) is 12.8. The van der Waals surface area contributed by atoms with Crippen LogP contribution in [0.4, 0.5) is 24.5 Å². The molecule has 0 aromatic heterocycles. The van der Waals surface area contributed by atoms with Crippen LogP contribution in [0.2, 0.25) is 0 Å². The van der Waals surface area contributed by atoms with Gasteiger partial charge in [0.05, 0.1) is 24.4 Å². The van der Waals surface area contributed by atoms with E-state index in [4.69, 9.17) is 4.74 Å². The second-order valence-corrected chi connectivity index (χ2v) is 6.29. The maximum atomic E-state index is 13.7. The summed E-state index contributed by atoms with van der Waals surface area (Å²) in [6, 6.07) is 6.98. The van der Waals surface area contributed by atoms with E-state index in [-0.39, 0.29) is 18.9 Å². The number of benzene rings is 2. The first-order valence-electron chi connectivity index (χ1n) is 8.21. The number of ether oxygens (including phenoxy) is 1. The van der Waals surface area contributed by atoms with Crippen molar-refractivity contribution in [1.29, 1.82) is 0 Å². The Kier molecular flexibility index (Phi) is 5.07. The Morgan fingerprint density at radius 2 is 1.93 bits per heavy atom. The van der Waals surface area contributed by atoms with E-state index in [1.54, 1.807) is 12.1 Å². The standard InChI is InChI=1S/C19H17F3N2O3/c1-10-3-6-15(27-2)14(7-10)24-9-11(8-16(24)25)19(26)23-13-5-4-12(20)17(21)18(13)22/h3-7,11H,8-9H2,1-2H3,(H,23,26)/t11-/m0/s1. The van der Waals surface area contributed by atoms with Crippen molar-refractivity contribution in [1.82, 2.24) is 0 Å². The number of carbonyl (C=O) groups is 2. The predicted octanol–water partition coefficient (Wildman–Crippen LogP) is 3.41. The van der Waals surface area contributed by atoms with Gasteiger partial charge in [-0.15, -0.1) is 0 Å². The van der Waals surface area contributed by atoms with Crippen molar-refractivity contribution < 1.29 is 27.5 Å². The Balaban J connectivity index is 1.79. The molecule has 0 saturated carbocycles. The third-order valence-corrected chi connectivity index (χ3v) is 4.41. The van der Waals surface area contributed by atoms with Crippen LogP contribution in [0.1, 0.15) is 12.0 Å². The van der Waals surface area contributed by atoms with Gasteiger partial charge in [0, 0.05) is 13.0 Å². The molecule has 0 spiro atoms. The molecule has 8 heteroatoms. The van der Waals surface area contributed by atoms with E-state index >= 15 is 0 Å². The molecule has 142 valence electrons. The molecule has 1 atom stereocenters. The van der Waals surface area contributed by atoms with Crippen molar-refractivity contribution in [3.63, 3.8) is 0 Å².